The van der Waals surface area contributed by atoms with Crippen molar-refractivity contribution in [3.8, 4) is 0 Å². The molecule has 0 spiro atoms. The van der Waals surface area contributed by atoms with Gasteiger partial charge in [-0.25, -0.2) is 0 Å². The van der Waals surface area contributed by atoms with Gasteiger partial charge in [-0.1, -0.05) is 6.92 Å². The summed E-state index contributed by atoms with van der Waals surface area (Å²) in [5, 5.41) is 25.3. The Morgan fingerprint density at radius 2 is 2.35 bits per heavy atom. The number of hydrogen-bond acceptors (Lipinski definition) is 6. The first-order valence-electron chi connectivity index (χ1n) is 8.57. The molecule has 0 bridgehead atoms. The number of hydrogen-bond donors (Lipinski definition) is 2. The zero-order chi connectivity index (χ0) is 16.1. The van der Waals surface area contributed by atoms with Gasteiger partial charge in [-0.3, -0.25) is 0 Å². The topological polar surface area (TPSA) is 78.6 Å². The third-order valence-corrected chi connectivity index (χ3v) is 4.51. The molecule has 0 amide bonds. The minimum Gasteiger partial charge on any atom is -0.396 e. The summed E-state index contributed by atoms with van der Waals surface area (Å²) < 4.78 is 1.73. The van der Waals surface area contributed by atoms with E-state index in [9.17, 15) is 5.11 Å². The van der Waals surface area contributed by atoms with Crippen molar-refractivity contribution in [3.63, 3.8) is 0 Å². The largest absolute Gasteiger partial charge is 0.396 e. The molecule has 2 aromatic heterocycles. The van der Waals surface area contributed by atoms with Crippen molar-refractivity contribution >= 4 is 11.3 Å². The van der Waals surface area contributed by atoms with Crippen LogP contribution in [0.2, 0.25) is 0 Å². The van der Waals surface area contributed by atoms with Crippen molar-refractivity contribution in [3.05, 3.63) is 18.1 Å². The molecular weight excluding hydrogens is 292 g/mol. The number of anilines is 1. The van der Waals surface area contributed by atoms with Crippen molar-refractivity contribution in [1.29, 1.82) is 0 Å². The van der Waals surface area contributed by atoms with Crippen LogP contribution in [0.25, 0.3) is 5.65 Å². The summed E-state index contributed by atoms with van der Waals surface area (Å²) in [7, 11) is 0. The van der Waals surface area contributed by atoms with Crippen LogP contribution in [0.15, 0.2) is 12.4 Å². The number of aliphatic hydroxyl groups excluding tert-OH is 1. The highest BCUT2D eigenvalue weighted by Gasteiger charge is 2.18. The number of fused-ring (bicyclic) bond motifs is 1. The molecule has 2 N–H and O–H groups in total. The summed E-state index contributed by atoms with van der Waals surface area (Å²) in [5.74, 6) is 0.458. The van der Waals surface area contributed by atoms with Crippen molar-refractivity contribution in [2.24, 2.45) is 5.92 Å². The Hall–Kier alpha value is -1.73. The van der Waals surface area contributed by atoms with Gasteiger partial charge in [0.1, 0.15) is 6.33 Å². The molecule has 0 aliphatic carbocycles. The maximum atomic E-state index is 9.30. The minimum absolute atomic E-state index is 0.316. The van der Waals surface area contributed by atoms with Crippen LogP contribution in [0.1, 0.15) is 31.9 Å². The first kappa shape index (κ1) is 16.1. The average molecular weight is 318 g/mol. The van der Waals surface area contributed by atoms with E-state index in [0.29, 0.717) is 12.5 Å². The fraction of sp³-hybridized carbons (Fsp3) is 0.688. The van der Waals surface area contributed by atoms with Crippen LogP contribution >= 0.6 is 0 Å². The normalized spacial score (nSPS) is 19.3. The second-order valence-electron chi connectivity index (χ2n) is 6.27. The van der Waals surface area contributed by atoms with Crippen molar-refractivity contribution in [2.75, 3.05) is 38.1 Å². The van der Waals surface area contributed by atoms with Crippen LogP contribution < -0.4 is 5.32 Å². The van der Waals surface area contributed by atoms with E-state index in [4.69, 9.17) is 0 Å². The molecule has 0 aromatic carbocycles. The lowest BCUT2D eigenvalue weighted by atomic mass is 9.99. The van der Waals surface area contributed by atoms with Gasteiger partial charge >= 0.3 is 0 Å². The van der Waals surface area contributed by atoms with Crippen molar-refractivity contribution < 1.29 is 5.11 Å². The Labute approximate surface area is 136 Å². The number of nitrogens with one attached hydrogen (secondary N) is 1. The predicted octanol–water partition coefficient (Wildman–Crippen LogP) is 1.19. The molecule has 1 aliphatic heterocycles. The van der Waals surface area contributed by atoms with Gasteiger partial charge in [0.2, 0.25) is 5.65 Å². The van der Waals surface area contributed by atoms with Gasteiger partial charge < -0.3 is 15.3 Å². The van der Waals surface area contributed by atoms with E-state index in [1.807, 2.05) is 0 Å². The molecule has 126 valence electrons. The Morgan fingerprint density at radius 3 is 3.17 bits per heavy atom. The quantitative estimate of drug-likeness (QED) is 0.747. The SMILES string of the molecule is CCc1cc(NCCCN2CCCC(CO)C2)c2nncn2n1. The smallest absolute Gasteiger partial charge is 0.200 e. The molecule has 3 heterocycles. The van der Waals surface area contributed by atoms with Crippen LogP contribution in [-0.2, 0) is 6.42 Å². The van der Waals surface area contributed by atoms with Crippen molar-refractivity contribution in [1.82, 2.24) is 24.7 Å². The fourth-order valence-corrected chi connectivity index (χ4v) is 3.21. The van der Waals surface area contributed by atoms with Crippen molar-refractivity contribution in [2.45, 2.75) is 32.6 Å². The lowest BCUT2D eigenvalue weighted by Gasteiger charge is -2.31. The third kappa shape index (κ3) is 3.97. The van der Waals surface area contributed by atoms with Gasteiger partial charge in [-0.15, -0.1) is 10.2 Å². The van der Waals surface area contributed by atoms with E-state index in [1.165, 1.54) is 6.42 Å². The summed E-state index contributed by atoms with van der Waals surface area (Å²) >= 11 is 0. The highest BCUT2D eigenvalue weighted by Crippen LogP contribution is 2.17. The number of aliphatic hydroxyl groups is 1. The summed E-state index contributed by atoms with van der Waals surface area (Å²) in [6.45, 7) is 6.56. The molecule has 0 saturated carbocycles. The summed E-state index contributed by atoms with van der Waals surface area (Å²) in [6.07, 6.45) is 5.96. The second kappa shape index (κ2) is 7.70. The summed E-state index contributed by atoms with van der Waals surface area (Å²) in [4.78, 5) is 2.46. The average Bonchev–Trinajstić information content (AvgIpc) is 3.07. The standard InChI is InChI=1S/C16H26N6O/c1-2-14-9-15(16-19-18-12-22(16)20-14)17-6-4-8-21-7-3-5-13(10-21)11-23/h9,12-13,17,23H,2-8,10-11H2,1H3. The fourth-order valence-electron chi connectivity index (χ4n) is 3.21. The first-order valence-corrected chi connectivity index (χ1v) is 8.57. The maximum Gasteiger partial charge on any atom is 0.200 e. The zero-order valence-electron chi connectivity index (χ0n) is 13.8. The van der Waals surface area contributed by atoms with Crippen LogP contribution in [-0.4, -0.2) is 62.6 Å². The number of piperidine rings is 1. The number of rotatable bonds is 7. The van der Waals surface area contributed by atoms with Gasteiger partial charge in [-0.2, -0.15) is 9.61 Å². The van der Waals surface area contributed by atoms with E-state index < -0.39 is 0 Å². The highest BCUT2D eigenvalue weighted by molar-refractivity contribution is 5.66. The van der Waals surface area contributed by atoms with E-state index in [1.54, 1.807) is 10.8 Å². The van der Waals surface area contributed by atoms with E-state index >= 15 is 0 Å². The third-order valence-electron chi connectivity index (χ3n) is 4.51. The zero-order valence-corrected chi connectivity index (χ0v) is 13.8. The number of nitrogens with zero attached hydrogens (tertiary/aromatic N) is 5. The van der Waals surface area contributed by atoms with Gasteiger partial charge in [0.25, 0.3) is 0 Å². The number of aryl methyl sites for hydroxylation is 1. The molecule has 1 aliphatic rings. The van der Waals surface area contributed by atoms with Gasteiger partial charge in [-0.05, 0) is 50.8 Å². The highest BCUT2D eigenvalue weighted by atomic mass is 16.3. The molecule has 3 rings (SSSR count). The first-order chi connectivity index (χ1) is 11.3. The lowest BCUT2D eigenvalue weighted by molar-refractivity contribution is 0.120. The molecule has 1 atom stereocenters. The van der Waals surface area contributed by atoms with Crippen LogP contribution in [0, 0.1) is 5.92 Å². The van der Waals surface area contributed by atoms with E-state index in [0.717, 1.165) is 62.5 Å². The van der Waals surface area contributed by atoms with Crippen LogP contribution in [0.4, 0.5) is 5.69 Å². The van der Waals surface area contributed by atoms with E-state index in [-0.39, 0.29) is 0 Å². The van der Waals surface area contributed by atoms with Gasteiger partial charge in [0, 0.05) is 19.7 Å². The molecule has 1 fully saturated rings. The minimum atomic E-state index is 0.316. The van der Waals surface area contributed by atoms with E-state index in [2.05, 4.69) is 38.5 Å². The van der Waals surface area contributed by atoms with Gasteiger partial charge in [0.05, 0.1) is 11.4 Å². The number of aromatic nitrogens is 4. The molecule has 1 unspecified atom stereocenters. The monoisotopic (exact) mass is 318 g/mol. The predicted molar refractivity (Wildman–Crippen MR) is 89.5 cm³/mol. The Balaban J connectivity index is 1.52. The molecule has 1 saturated heterocycles. The van der Waals surface area contributed by atoms with Gasteiger partial charge in [0.15, 0.2) is 0 Å². The molecule has 23 heavy (non-hydrogen) atoms. The molecule has 7 nitrogen and oxygen atoms in total. The summed E-state index contributed by atoms with van der Waals surface area (Å²) in [5.41, 5.74) is 2.81. The van der Waals surface area contributed by atoms with Crippen LogP contribution in [0.3, 0.4) is 0 Å². The number of likely N-dealkylation sites (tertiary alicyclic amines) is 1. The molecular formula is C16H26N6O. The lowest BCUT2D eigenvalue weighted by Crippen LogP contribution is -2.37. The maximum absolute atomic E-state index is 9.30. The van der Waals surface area contributed by atoms with Crippen LogP contribution in [0.5, 0.6) is 0 Å². The summed E-state index contributed by atoms with van der Waals surface area (Å²) in [6, 6.07) is 2.06. The Bertz CT molecular complexity index is 628. The second-order valence-corrected chi connectivity index (χ2v) is 6.27. The Kier molecular flexibility index (Phi) is 5.40. The Morgan fingerprint density at radius 1 is 1.43 bits per heavy atom. The molecule has 0 radical (unpaired) electrons. The molecule has 2 aromatic rings. The molecule has 7 heteroatoms.